The number of para-hydroxylation sites is 1. The number of aliphatic hydroxyl groups is 3. The fraction of sp³-hybridized carbons (Fsp3) is 0.500. The van der Waals surface area contributed by atoms with E-state index in [-0.39, 0.29) is 6.61 Å². The Kier molecular flexibility index (Phi) is 5.69. The highest BCUT2D eigenvalue weighted by Gasteiger charge is 2.44. The van der Waals surface area contributed by atoms with Crippen molar-refractivity contribution in [2.45, 2.75) is 30.7 Å². The summed E-state index contributed by atoms with van der Waals surface area (Å²) in [4.78, 5) is 11.6. The number of methoxy groups -OCH3 is 1. The number of hydrogen-bond acceptors (Lipinski definition) is 7. The van der Waals surface area contributed by atoms with E-state index in [1.807, 2.05) is 0 Å². The summed E-state index contributed by atoms with van der Waals surface area (Å²) < 4.78 is 15.0. The lowest BCUT2D eigenvalue weighted by atomic mass is 9.99. The zero-order valence-corrected chi connectivity index (χ0v) is 12.0. The molecule has 1 aromatic rings. The van der Waals surface area contributed by atoms with Crippen LogP contribution in [-0.4, -0.2) is 65.8 Å². The van der Waals surface area contributed by atoms with Gasteiger partial charge in [0.05, 0.1) is 0 Å². The van der Waals surface area contributed by atoms with E-state index in [2.05, 4.69) is 5.32 Å². The van der Waals surface area contributed by atoms with Crippen molar-refractivity contribution in [1.82, 2.24) is 0 Å². The van der Waals surface area contributed by atoms with Gasteiger partial charge in [0.25, 0.3) is 0 Å². The molecule has 0 spiro atoms. The molecule has 0 aliphatic carbocycles. The van der Waals surface area contributed by atoms with Gasteiger partial charge in [0.2, 0.25) is 0 Å². The second kappa shape index (κ2) is 7.52. The van der Waals surface area contributed by atoms with E-state index in [4.69, 9.17) is 14.2 Å². The van der Waals surface area contributed by atoms with Crippen LogP contribution in [0.2, 0.25) is 0 Å². The van der Waals surface area contributed by atoms with Crippen LogP contribution in [0.5, 0.6) is 0 Å². The minimum absolute atomic E-state index is 0.302. The Labute approximate surface area is 127 Å². The van der Waals surface area contributed by atoms with Crippen molar-refractivity contribution in [1.29, 1.82) is 0 Å². The van der Waals surface area contributed by atoms with Crippen molar-refractivity contribution < 1.29 is 34.3 Å². The lowest BCUT2D eigenvalue weighted by molar-refractivity contribution is -0.294. The number of ether oxygens (including phenoxy) is 3. The summed E-state index contributed by atoms with van der Waals surface area (Å²) in [5, 5.41) is 31.6. The van der Waals surface area contributed by atoms with Crippen LogP contribution in [0.25, 0.3) is 0 Å². The van der Waals surface area contributed by atoms with Gasteiger partial charge in [-0.3, -0.25) is 5.32 Å². The first-order valence-corrected chi connectivity index (χ1v) is 6.74. The minimum atomic E-state index is -1.45. The molecule has 1 heterocycles. The third-order valence-electron chi connectivity index (χ3n) is 3.30. The molecule has 1 aliphatic heterocycles. The molecule has 0 aromatic heterocycles. The molecule has 4 N–H and O–H groups in total. The number of anilines is 1. The molecule has 5 atom stereocenters. The minimum Gasteiger partial charge on any atom is -0.446 e. The summed E-state index contributed by atoms with van der Waals surface area (Å²) in [7, 11) is 1.29. The smallest absolute Gasteiger partial charge is 0.411 e. The average molecular weight is 313 g/mol. The van der Waals surface area contributed by atoms with Crippen molar-refractivity contribution in [2.24, 2.45) is 0 Å². The van der Waals surface area contributed by atoms with E-state index in [0.717, 1.165) is 0 Å². The quantitative estimate of drug-likeness (QED) is 0.602. The second-order valence-corrected chi connectivity index (χ2v) is 4.84. The number of amides is 1. The normalized spacial score (nSPS) is 31.5. The SMILES string of the molecule is CO[C@H]1O[C@H](COC(=O)Nc2ccccc2)[C@@H](O)[C@H](O)[C@H]1O. The molecule has 0 unspecified atom stereocenters. The van der Waals surface area contributed by atoms with Crippen molar-refractivity contribution in [3.05, 3.63) is 30.3 Å². The van der Waals surface area contributed by atoms with Crippen LogP contribution in [0.4, 0.5) is 10.5 Å². The summed E-state index contributed by atoms with van der Waals surface area (Å²) >= 11 is 0. The Balaban J connectivity index is 1.86. The Hall–Kier alpha value is -1.71. The lowest BCUT2D eigenvalue weighted by Crippen LogP contribution is -2.59. The molecule has 1 saturated heterocycles. The van der Waals surface area contributed by atoms with Crippen LogP contribution in [0, 0.1) is 0 Å². The molecule has 1 aliphatic rings. The predicted octanol–water partition coefficient (Wildman–Crippen LogP) is -0.311. The Morgan fingerprint density at radius 1 is 1.18 bits per heavy atom. The highest BCUT2D eigenvalue weighted by molar-refractivity contribution is 5.84. The Morgan fingerprint density at radius 2 is 1.86 bits per heavy atom. The van der Waals surface area contributed by atoms with Gasteiger partial charge in [0, 0.05) is 12.8 Å². The maximum atomic E-state index is 11.6. The Bertz CT molecular complexity index is 481. The summed E-state index contributed by atoms with van der Waals surface area (Å²) in [5.41, 5.74) is 0.558. The average Bonchev–Trinajstić information content (AvgIpc) is 2.53. The third kappa shape index (κ3) is 3.93. The van der Waals surface area contributed by atoms with Crippen molar-refractivity contribution in [2.75, 3.05) is 19.0 Å². The number of hydrogen-bond donors (Lipinski definition) is 4. The van der Waals surface area contributed by atoms with Crippen LogP contribution in [0.3, 0.4) is 0 Å². The molecule has 122 valence electrons. The van der Waals surface area contributed by atoms with Crippen LogP contribution in [-0.2, 0) is 14.2 Å². The maximum Gasteiger partial charge on any atom is 0.411 e. The first-order chi connectivity index (χ1) is 10.5. The van der Waals surface area contributed by atoms with Crippen LogP contribution >= 0.6 is 0 Å². The number of carbonyl (C=O) groups excluding carboxylic acids is 1. The van der Waals surface area contributed by atoms with Crippen LogP contribution in [0.1, 0.15) is 0 Å². The van der Waals surface area contributed by atoms with Gasteiger partial charge in [-0.15, -0.1) is 0 Å². The number of rotatable bonds is 4. The fourth-order valence-electron chi connectivity index (χ4n) is 2.08. The van der Waals surface area contributed by atoms with E-state index in [1.54, 1.807) is 30.3 Å². The first kappa shape index (κ1) is 16.7. The molecule has 8 nitrogen and oxygen atoms in total. The van der Waals surface area contributed by atoms with E-state index in [1.165, 1.54) is 7.11 Å². The van der Waals surface area contributed by atoms with Gasteiger partial charge in [0.1, 0.15) is 31.0 Å². The first-order valence-electron chi connectivity index (χ1n) is 6.74. The van der Waals surface area contributed by atoms with Gasteiger partial charge >= 0.3 is 6.09 Å². The van der Waals surface area contributed by atoms with Crippen LogP contribution in [0.15, 0.2) is 30.3 Å². The van der Waals surface area contributed by atoms with Crippen molar-refractivity contribution in [3.63, 3.8) is 0 Å². The zero-order chi connectivity index (χ0) is 16.1. The van der Waals surface area contributed by atoms with Gasteiger partial charge in [-0.2, -0.15) is 0 Å². The number of nitrogens with one attached hydrogen (secondary N) is 1. The monoisotopic (exact) mass is 313 g/mol. The molecule has 8 heteroatoms. The van der Waals surface area contributed by atoms with E-state index in [0.29, 0.717) is 5.69 Å². The number of benzene rings is 1. The summed E-state index contributed by atoms with van der Waals surface area (Å²) in [6, 6.07) is 8.69. The standard InChI is InChI=1S/C14H19NO7/c1-20-13-12(18)11(17)10(16)9(22-13)7-21-14(19)15-8-5-3-2-4-6-8/h2-6,9-13,16-18H,7H2,1H3,(H,15,19)/t9-,10-,11+,12-,13+/m1/s1. The molecule has 0 saturated carbocycles. The third-order valence-corrected chi connectivity index (χ3v) is 3.30. The number of carbonyl (C=O) groups is 1. The second-order valence-electron chi connectivity index (χ2n) is 4.84. The van der Waals surface area contributed by atoms with Gasteiger partial charge in [0.15, 0.2) is 6.29 Å². The van der Waals surface area contributed by atoms with Crippen molar-refractivity contribution >= 4 is 11.8 Å². The molecule has 2 rings (SSSR count). The number of aliphatic hydroxyl groups excluding tert-OH is 3. The summed E-state index contributed by atoms with van der Waals surface area (Å²) in [5.74, 6) is 0. The van der Waals surface area contributed by atoms with Gasteiger partial charge < -0.3 is 29.5 Å². The van der Waals surface area contributed by atoms with Crippen LogP contribution < -0.4 is 5.32 Å². The van der Waals surface area contributed by atoms with E-state index < -0.39 is 36.8 Å². The molecule has 22 heavy (non-hydrogen) atoms. The van der Waals surface area contributed by atoms with Gasteiger partial charge in [-0.05, 0) is 12.1 Å². The summed E-state index contributed by atoms with van der Waals surface area (Å²) in [6.45, 7) is -0.302. The van der Waals surface area contributed by atoms with E-state index >= 15 is 0 Å². The van der Waals surface area contributed by atoms with E-state index in [9.17, 15) is 20.1 Å². The molecule has 1 amide bonds. The fourth-order valence-corrected chi connectivity index (χ4v) is 2.08. The molecular formula is C14H19NO7. The maximum absolute atomic E-state index is 11.6. The predicted molar refractivity (Wildman–Crippen MR) is 75.1 cm³/mol. The summed E-state index contributed by atoms with van der Waals surface area (Å²) in [6.07, 6.45) is -7.07. The molecule has 0 bridgehead atoms. The molecule has 1 fully saturated rings. The largest absolute Gasteiger partial charge is 0.446 e. The van der Waals surface area contributed by atoms with Gasteiger partial charge in [-0.25, -0.2) is 4.79 Å². The van der Waals surface area contributed by atoms with Crippen molar-refractivity contribution in [3.8, 4) is 0 Å². The highest BCUT2D eigenvalue weighted by Crippen LogP contribution is 2.22. The lowest BCUT2D eigenvalue weighted by Gasteiger charge is -2.39. The van der Waals surface area contributed by atoms with Gasteiger partial charge in [-0.1, -0.05) is 18.2 Å². The molecule has 0 radical (unpaired) electrons. The topological polar surface area (TPSA) is 117 Å². The molecule has 1 aromatic carbocycles. The molecular weight excluding hydrogens is 294 g/mol. The zero-order valence-electron chi connectivity index (χ0n) is 12.0. The Morgan fingerprint density at radius 3 is 2.50 bits per heavy atom. The highest BCUT2D eigenvalue weighted by atomic mass is 16.7.